The van der Waals surface area contributed by atoms with Gasteiger partial charge in [0.05, 0.1) is 16.4 Å². The average Bonchev–Trinajstić information content (AvgIpc) is 2.34. The topological polar surface area (TPSA) is 81.5 Å². The molecule has 0 heterocycles. The van der Waals surface area contributed by atoms with Crippen LogP contribution in [0.5, 0.6) is 0 Å². The summed E-state index contributed by atoms with van der Waals surface area (Å²) in [6, 6.07) is 4.30. The monoisotopic (exact) mass is 256 g/mol. The van der Waals surface area contributed by atoms with E-state index in [1.165, 1.54) is 23.9 Å². The number of carbonyl (C=O) groups excluding carboxylic acids is 1. The van der Waals surface area contributed by atoms with E-state index >= 15 is 0 Å². The summed E-state index contributed by atoms with van der Waals surface area (Å²) in [6.45, 7) is 2.05. The largest absolute Gasteiger partial charge is 0.283 e. The van der Waals surface area contributed by atoms with Gasteiger partial charge in [-0.05, 0) is 25.3 Å². The number of benzene rings is 1. The van der Waals surface area contributed by atoms with Crippen molar-refractivity contribution in [2.75, 3.05) is 12.9 Å². The van der Waals surface area contributed by atoms with Crippen molar-refractivity contribution in [3.05, 3.63) is 33.9 Å². The summed E-state index contributed by atoms with van der Waals surface area (Å²) in [6.07, 6.45) is 1.74. The summed E-state index contributed by atoms with van der Waals surface area (Å²) in [5.41, 5.74) is 2.30. The Morgan fingerprint density at radius 2 is 2.29 bits per heavy atom. The molecule has 1 aromatic carbocycles. The molecule has 0 unspecified atom stereocenters. The molecule has 0 atom stereocenters. The molecule has 0 aliphatic rings. The summed E-state index contributed by atoms with van der Waals surface area (Å²) in [5.74, 6) is -0.498. The first-order chi connectivity index (χ1) is 8.10. The number of thioether (sulfide) groups is 1. The number of nitro groups is 1. The third kappa shape index (κ3) is 3.43. The highest BCUT2D eigenvalue weighted by atomic mass is 32.2. The molecule has 0 aliphatic heterocycles. The van der Waals surface area contributed by atoms with Gasteiger partial charge in [0.15, 0.2) is 0 Å². The predicted molar refractivity (Wildman–Crippen MR) is 64.0 cm³/mol. The molecule has 0 fully saturated rings. The van der Waals surface area contributed by atoms with E-state index < -0.39 is 10.8 Å². The summed E-state index contributed by atoms with van der Waals surface area (Å²) in [7, 11) is 0. The zero-order valence-corrected chi connectivity index (χ0v) is 10.2. The van der Waals surface area contributed by atoms with Crippen LogP contribution >= 0.6 is 11.8 Å². The fourth-order valence-electron chi connectivity index (χ4n) is 1.17. The number of hydrogen-bond acceptors (Lipinski definition) is 5. The maximum absolute atomic E-state index is 11.5. The molecular formula is C10H12N2O4S. The first-order valence-corrected chi connectivity index (χ1v) is 6.07. The van der Waals surface area contributed by atoms with E-state index in [1.807, 2.05) is 0 Å². The number of hydrogen-bond donors (Lipinski definition) is 1. The van der Waals surface area contributed by atoms with Crippen molar-refractivity contribution in [3.8, 4) is 0 Å². The van der Waals surface area contributed by atoms with Crippen LogP contribution in [0.4, 0.5) is 5.69 Å². The quantitative estimate of drug-likeness (QED) is 0.495. The maximum Gasteiger partial charge on any atom is 0.283 e. The van der Waals surface area contributed by atoms with E-state index in [0.717, 1.165) is 0 Å². The molecule has 0 spiro atoms. The van der Waals surface area contributed by atoms with Crippen LogP contribution in [0.15, 0.2) is 23.1 Å². The second-order valence-electron chi connectivity index (χ2n) is 3.01. The first kappa shape index (κ1) is 13.5. The predicted octanol–water partition coefficient (Wildman–Crippen LogP) is 2.00. The zero-order chi connectivity index (χ0) is 12.8. The highest BCUT2D eigenvalue weighted by Gasteiger charge is 2.16. The van der Waals surface area contributed by atoms with E-state index in [4.69, 9.17) is 4.84 Å². The molecule has 1 aromatic rings. The van der Waals surface area contributed by atoms with Crippen LogP contribution in [-0.2, 0) is 4.84 Å². The van der Waals surface area contributed by atoms with Crippen molar-refractivity contribution in [1.29, 1.82) is 0 Å². The number of nitrogens with zero attached hydrogens (tertiary/aromatic N) is 1. The second-order valence-corrected chi connectivity index (χ2v) is 3.86. The third-order valence-electron chi connectivity index (χ3n) is 1.95. The van der Waals surface area contributed by atoms with Gasteiger partial charge in [0.2, 0.25) is 0 Å². The van der Waals surface area contributed by atoms with Crippen molar-refractivity contribution in [1.82, 2.24) is 5.48 Å². The SMILES string of the molecule is CCONC(=O)c1ccc(SC)c([N+](=O)[O-])c1. The minimum atomic E-state index is -0.511. The van der Waals surface area contributed by atoms with E-state index in [0.29, 0.717) is 11.5 Å². The molecule has 0 aromatic heterocycles. The summed E-state index contributed by atoms with van der Waals surface area (Å²) >= 11 is 1.26. The van der Waals surface area contributed by atoms with Crippen LogP contribution in [-0.4, -0.2) is 23.7 Å². The van der Waals surface area contributed by atoms with E-state index in [2.05, 4.69) is 5.48 Å². The van der Waals surface area contributed by atoms with Gasteiger partial charge in [0, 0.05) is 11.6 Å². The van der Waals surface area contributed by atoms with Crippen LogP contribution in [0.3, 0.4) is 0 Å². The molecule has 1 amide bonds. The van der Waals surface area contributed by atoms with Crippen molar-refractivity contribution in [2.24, 2.45) is 0 Å². The summed E-state index contributed by atoms with van der Waals surface area (Å²) < 4.78 is 0. The van der Waals surface area contributed by atoms with E-state index in [-0.39, 0.29) is 11.3 Å². The molecule has 7 heteroatoms. The van der Waals surface area contributed by atoms with Gasteiger partial charge >= 0.3 is 0 Å². The number of hydroxylamine groups is 1. The van der Waals surface area contributed by atoms with Gasteiger partial charge in [-0.25, -0.2) is 5.48 Å². The van der Waals surface area contributed by atoms with Gasteiger partial charge in [0.25, 0.3) is 11.6 Å². The van der Waals surface area contributed by atoms with Crippen LogP contribution in [0.2, 0.25) is 0 Å². The normalized spacial score (nSPS) is 10.0. The van der Waals surface area contributed by atoms with E-state index in [9.17, 15) is 14.9 Å². The number of amides is 1. The second kappa shape index (κ2) is 6.21. The molecule has 17 heavy (non-hydrogen) atoms. The number of rotatable bonds is 5. The lowest BCUT2D eigenvalue weighted by Gasteiger charge is -2.05. The minimum Gasteiger partial charge on any atom is -0.274 e. The Labute approximate surface area is 102 Å². The Bertz CT molecular complexity index is 436. The minimum absolute atomic E-state index is 0.0818. The van der Waals surface area contributed by atoms with Gasteiger partial charge in [0.1, 0.15) is 0 Å². The number of carbonyl (C=O) groups is 1. The van der Waals surface area contributed by atoms with Crippen LogP contribution in [0.1, 0.15) is 17.3 Å². The van der Waals surface area contributed by atoms with Crippen LogP contribution in [0.25, 0.3) is 0 Å². The molecule has 92 valence electrons. The smallest absolute Gasteiger partial charge is 0.274 e. The Kier molecular flexibility index (Phi) is 4.92. The first-order valence-electron chi connectivity index (χ1n) is 4.84. The molecule has 0 bridgehead atoms. The Morgan fingerprint density at radius 3 is 2.82 bits per heavy atom. The van der Waals surface area contributed by atoms with Gasteiger partial charge in [-0.15, -0.1) is 11.8 Å². The lowest BCUT2D eigenvalue weighted by atomic mass is 10.2. The van der Waals surface area contributed by atoms with Gasteiger partial charge in [-0.2, -0.15) is 0 Å². The van der Waals surface area contributed by atoms with Gasteiger partial charge in [-0.3, -0.25) is 19.7 Å². The number of nitrogens with one attached hydrogen (secondary N) is 1. The lowest BCUT2D eigenvalue weighted by Crippen LogP contribution is -2.23. The summed E-state index contributed by atoms with van der Waals surface area (Å²) in [5, 5.41) is 10.8. The molecule has 0 radical (unpaired) electrons. The Hall–Kier alpha value is -1.60. The van der Waals surface area contributed by atoms with E-state index in [1.54, 1.807) is 19.2 Å². The highest BCUT2D eigenvalue weighted by molar-refractivity contribution is 7.98. The van der Waals surface area contributed by atoms with Crippen molar-refractivity contribution < 1.29 is 14.6 Å². The summed E-state index contributed by atoms with van der Waals surface area (Å²) in [4.78, 5) is 27.0. The Balaban J connectivity index is 2.99. The van der Waals surface area contributed by atoms with Crippen molar-refractivity contribution in [2.45, 2.75) is 11.8 Å². The molecule has 6 nitrogen and oxygen atoms in total. The lowest BCUT2D eigenvalue weighted by molar-refractivity contribution is -0.387. The highest BCUT2D eigenvalue weighted by Crippen LogP contribution is 2.28. The Morgan fingerprint density at radius 1 is 1.59 bits per heavy atom. The fraction of sp³-hybridized carbons (Fsp3) is 0.300. The molecule has 0 saturated heterocycles. The molecule has 1 N–H and O–H groups in total. The molecule has 0 aliphatic carbocycles. The number of nitro benzene ring substituents is 1. The fourth-order valence-corrected chi connectivity index (χ4v) is 1.72. The third-order valence-corrected chi connectivity index (χ3v) is 2.73. The van der Waals surface area contributed by atoms with Gasteiger partial charge in [-0.1, -0.05) is 0 Å². The molecule has 1 rings (SSSR count). The zero-order valence-electron chi connectivity index (χ0n) is 9.43. The molecular weight excluding hydrogens is 244 g/mol. The van der Waals surface area contributed by atoms with Crippen molar-refractivity contribution >= 4 is 23.4 Å². The van der Waals surface area contributed by atoms with Crippen LogP contribution < -0.4 is 5.48 Å². The maximum atomic E-state index is 11.5. The molecule has 0 saturated carbocycles. The van der Waals surface area contributed by atoms with Crippen LogP contribution in [0, 0.1) is 10.1 Å². The van der Waals surface area contributed by atoms with Gasteiger partial charge < -0.3 is 0 Å². The standard InChI is InChI=1S/C10H12N2O4S/c1-3-16-11-10(13)7-4-5-9(17-2)8(6-7)12(14)15/h4-6H,3H2,1-2H3,(H,11,13). The average molecular weight is 256 g/mol. The van der Waals surface area contributed by atoms with Crippen molar-refractivity contribution in [3.63, 3.8) is 0 Å².